The zero-order chi connectivity index (χ0) is 15.1. The quantitative estimate of drug-likeness (QED) is 0.678. The van der Waals surface area contributed by atoms with E-state index < -0.39 is 6.10 Å². The minimum atomic E-state index is -0.596. The van der Waals surface area contributed by atoms with Gasteiger partial charge in [0.15, 0.2) is 0 Å². The monoisotopic (exact) mass is 281 g/mol. The van der Waals surface area contributed by atoms with Gasteiger partial charge in [0.05, 0.1) is 6.61 Å². The summed E-state index contributed by atoms with van der Waals surface area (Å²) in [6.07, 6.45) is -0.596. The Kier molecular flexibility index (Phi) is 6.99. The van der Waals surface area contributed by atoms with E-state index in [2.05, 4.69) is 5.32 Å². The summed E-state index contributed by atoms with van der Waals surface area (Å²) in [4.78, 5) is 0. The molecule has 0 amide bonds. The molecule has 1 rings (SSSR count). The van der Waals surface area contributed by atoms with Crippen molar-refractivity contribution in [2.75, 3.05) is 19.8 Å². The third-order valence-electron chi connectivity index (χ3n) is 3.45. The maximum absolute atomic E-state index is 9.95. The molecule has 20 heavy (non-hydrogen) atoms. The summed E-state index contributed by atoms with van der Waals surface area (Å²) in [5.41, 5.74) is 2.14. The largest absolute Gasteiger partial charge is 0.490 e. The Morgan fingerprint density at radius 2 is 1.80 bits per heavy atom. The van der Waals surface area contributed by atoms with Crippen LogP contribution in [0.4, 0.5) is 0 Å². The molecule has 0 heterocycles. The number of para-hydroxylation sites is 1. The van der Waals surface area contributed by atoms with Gasteiger partial charge >= 0.3 is 0 Å². The Bertz CT molecular complexity index is 386. The summed E-state index contributed by atoms with van der Waals surface area (Å²) >= 11 is 0. The molecule has 0 spiro atoms. The topological polar surface area (TPSA) is 61.7 Å². The highest BCUT2D eigenvalue weighted by molar-refractivity contribution is 5.39. The molecule has 4 nitrogen and oxygen atoms in total. The maximum Gasteiger partial charge on any atom is 0.125 e. The van der Waals surface area contributed by atoms with Gasteiger partial charge in [-0.1, -0.05) is 32.0 Å². The van der Waals surface area contributed by atoms with Crippen LogP contribution in [0.3, 0.4) is 0 Å². The lowest BCUT2D eigenvalue weighted by atomic mass is 10.1. The third-order valence-corrected chi connectivity index (χ3v) is 3.45. The molecular weight excluding hydrogens is 254 g/mol. The molecule has 114 valence electrons. The second-order valence-corrected chi connectivity index (χ2v) is 5.63. The zero-order valence-electron chi connectivity index (χ0n) is 12.9. The van der Waals surface area contributed by atoms with Gasteiger partial charge in [0.1, 0.15) is 18.5 Å². The van der Waals surface area contributed by atoms with Gasteiger partial charge in [0, 0.05) is 12.6 Å². The lowest BCUT2D eigenvalue weighted by Gasteiger charge is -2.22. The fourth-order valence-electron chi connectivity index (χ4n) is 2.06. The van der Waals surface area contributed by atoms with Gasteiger partial charge in [0.25, 0.3) is 0 Å². The second kappa shape index (κ2) is 8.25. The van der Waals surface area contributed by atoms with E-state index in [1.54, 1.807) is 0 Å². The van der Waals surface area contributed by atoms with E-state index in [0.717, 1.165) is 16.9 Å². The molecule has 4 heteroatoms. The van der Waals surface area contributed by atoms with Crippen molar-refractivity contribution in [1.29, 1.82) is 0 Å². The zero-order valence-corrected chi connectivity index (χ0v) is 12.9. The van der Waals surface area contributed by atoms with Crippen LogP contribution in [0.2, 0.25) is 0 Å². The molecule has 0 fully saturated rings. The standard InChI is InChI=1S/C16H27NO3/c1-11(2)15(9-18)17-8-14(19)10-20-16-12(3)6-5-7-13(16)4/h5-7,11,14-15,17-19H,8-10H2,1-4H3. The summed E-state index contributed by atoms with van der Waals surface area (Å²) in [7, 11) is 0. The highest BCUT2D eigenvalue weighted by atomic mass is 16.5. The van der Waals surface area contributed by atoms with Gasteiger partial charge in [-0.25, -0.2) is 0 Å². The van der Waals surface area contributed by atoms with Gasteiger partial charge in [-0.2, -0.15) is 0 Å². The van der Waals surface area contributed by atoms with Gasteiger partial charge < -0.3 is 20.3 Å². The first-order chi connectivity index (χ1) is 9.45. The van der Waals surface area contributed by atoms with Crippen LogP contribution in [0.1, 0.15) is 25.0 Å². The number of benzene rings is 1. The Morgan fingerprint density at radius 1 is 1.20 bits per heavy atom. The maximum atomic E-state index is 9.95. The molecule has 0 saturated carbocycles. The van der Waals surface area contributed by atoms with E-state index in [0.29, 0.717) is 12.5 Å². The summed E-state index contributed by atoms with van der Waals surface area (Å²) in [5.74, 6) is 1.17. The van der Waals surface area contributed by atoms with Crippen molar-refractivity contribution in [2.24, 2.45) is 5.92 Å². The Morgan fingerprint density at radius 3 is 2.30 bits per heavy atom. The first-order valence-electron chi connectivity index (χ1n) is 7.17. The molecule has 0 saturated heterocycles. The molecule has 2 unspecified atom stereocenters. The van der Waals surface area contributed by atoms with Crippen LogP contribution in [0, 0.1) is 19.8 Å². The molecule has 0 bridgehead atoms. The molecule has 0 aliphatic heterocycles. The van der Waals surface area contributed by atoms with Gasteiger partial charge in [-0.15, -0.1) is 0 Å². The molecule has 2 atom stereocenters. The number of rotatable bonds is 8. The predicted octanol–water partition coefficient (Wildman–Crippen LogP) is 1.65. The van der Waals surface area contributed by atoms with E-state index in [4.69, 9.17) is 4.74 Å². The molecule has 0 aromatic heterocycles. The number of aliphatic hydroxyl groups excluding tert-OH is 2. The van der Waals surface area contributed by atoms with Crippen LogP contribution in [0.15, 0.2) is 18.2 Å². The van der Waals surface area contributed by atoms with E-state index >= 15 is 0 Å². The van der Waals surface area contributed by atoms with E-state index in [1.165, 1.54) is 0 Å². The summed E-state index contributed by atoms with van der Waals surface area (Å²) < 4.78 is 5.70. The summed E-state index contributed by atoms with van der Waals surface area (Å²) in [5, 5.41) is 22.3. The fraction of sp³-hybridized carbons (Fsp3) is 0.625. The molecule has 0 aliphatic rings. The van der Waals surface area contributed by atoms with Crippen LogP contribution in [-0.4, -0.2) is 42.1 Å². The lowest BCUT2D eigenvalue weighted by molar-refractivity contribution is 0.0956. The average molecular weight is 281 g/mol. The predicted molar refractivity (Wildman–Crippen MR) is 81.1 cm³/mol. The smallest absolute Gasteiger partial charge is 0.125 e. The Balaban J connectivity index is 2.42. The number of hydrogen-bond donors (Lipinski definition) is 3. The van der Waals surface area contributed by atoms with Gasteiger partial charge in [-0.3, -0.25) is 0 Å². The van der Waals surface area contributed by atoms with E-state index in [1.807, 2.05) is 45.9 Å². The number of ether oxygens (including phenoxy) is 1. The van der Waals surface area contributed by atoms with Crippen molar-refractivity contribution in [3.63, 3.8) is 0 Å². The average Bonchev–Trinajstić information content (AvgIpc) is 2.38. The molecule has 0 radical (unpaired) electrons. The van der Waals surface area contributed by atoms with Crippen LogP contribution in [0.5, 0.6) is 5.75 Å². The van der Waals surface area contributed by atoms with Crippen LogP contribution in [0.25, 0.3) is 0 Å². The lowest BCUT2D eigenvalue weighted by Crippen LogP contribution is -2.42. The van der Waals surface area contributed by atoms with Crippen LogP contribution >= 0.6 is 0 Å². The minimum absolute atomic E-state index is 0.00449. The first-order valence-corrected chi connectivity index (χ1v) is 7.17. The molecule has 1 aromatic rings. The van der Waals surface area contributed by atoms with Crippen LogP contribution < -0.4 is 10.1 Å². The highest BCUT2D eigenvalue weighted by Crippen LogP contribution is 2.22. The summed E-state index contributed by atoms with van der Waals surface area (Å²) in [6.45, 7) is 8.79. The van der Waals surface area contributed by atoms with Gasteiger partial charge in [-0.05, 0) is 30.9 Å². The van der Waals surface area contributed by atoms with Crippen molar-refractivity contribution in [3.05, 3.63) is 29.3 Å². The number of aryl methyl sites for hydroxylation is 2. The molecule has 1 aromatic carbocycles. The second-order valence-electron chi connectivity index (χ2n) is 5.63. The van der Waals surface area contributed by atoms with E-state index in [-0.39, 0.29) is 19.3 Å². The van der Waals surface area contributed by atoms with Crippen molar-refractivity contribution >= 4 is 0 Å². The highest BCUT2D eigenvalue weighted by Gasteiger charge is 2.14. The number of nitrogens with one attached hydrogen (secondary N) is 1. The number of aliphatic hydroxyl groups is 2. The molecule has 3 N–H and O–H groups in total. The third kappa shape index (κ3) is 5.12. The van der Waals surface area contributed by atoms with Crippen molar-refractivity contribution in [1.82, 2.24) is 5.32 Å². The fourth-order valence-corrected chi connectivity index (χ4v) is 2.06. The van der Waals surface area contributed by atoms with E-state index in [9.17, 15) is 10.2 Å². The van der Waals surface area contributed by atoms with Crippen molar-refractivity contribution in [3.8, 4) is 5.75 Å². The Labute approximate surface area is 121 Å². The normalized spacial score (nSPS) is 14.3. The van der Waals surface area contributed by atoms with Crippen molar-refractivity contribution < 1.29 is 14.9 Å². The van der Waals surface area contributed by atoms with Gasteiger partial charge in [0.2, 0.25) is 0 Å². The molecule has 0 aliphatic carbocycles. The number of hydrogen-bond acceptors (Lipinski definition) is 4. The van der Waals surface area contributed by atoms with Crippen LogP contribution in [-0.2, 0) is 0 Å². The van der Waals surface area contributed by atoms with Crippen molar-refractivity contribution in [2.45, 2.75) is 39.8 Å². The molecular formula is C16H27NO3. The SMILES string of the molecule is Cc1cccc(C)c1OCC(O)CNC(CO)C(C)C. The first kappa shape index (κ1) is 17.0. The Hall–Kier alpha value is -1.10. The summed E-state index contributed by atoms with van der Waals surface area (Å²) in [6, 6.07) is 5.98. The minimum Gasteiger partial charge on any atom is -0.490 e.